The summed E-state index contributed by atoms with van der Waals surface area (Å²) in [6, 6.07) is 1.47. The Balaban J connectivity index is 2.81. The second-order valence-electron chi connectivity index (χ2n) is 3.03. The quantitative estimate of drug-likeness (QED) is 0.652. The third-order valence-electron chi connectivity index (χ3n) is 1.93. The van der Waals surface area contributed by atoms with Crippen LogP contribution in [0.15, 0.2) is 12.3 Å². The zero-order valence-electron chi connectivity index (χ0n) is 7.70. The van der Waals surface area contributed by atoms with Crippen LogP contribution < -0.4 is 0 Å². The standard InChI is InChI=1S/C9H10Cl3NO2/c10-2-1-7(14)8(15)5-3-6(11)9(12)13-4-5/h3-4,7-8,14-15H,1-2H2. The van der Waals surface area contributed by atoms with Gasteiger partial charge >= 0.3 is 0 Å². The lowest BCUT2D eigenvalue weighted by Crippen LogP contribution is -2.18. The maximum atomic E-state index is 9.69. The molecule has 0 aliphatic rings. The van der Waals surface area contributed by atoms with Crippen molar-refractivity contribution in [2.24, 2.45) is 0 Å². The number of pyridine rings is 1. The molecular formula is C9H10Cl3NO2. The predicted molar refractivity (Wildman–Crippen MR) is 60.6 cm³/mol. The second-order valence-corrected chi connectivity index (χ2v) is 4.17. The van der Waals surface area contributed by atoms with Crippen LogP contribution in [0.2, 0.25) is 10.2 Å². The number of alkyl halides is 1. The van der Waals surface area contributed by atoms with Gasteiger partial charge in [-0.05, 0) is 12.5 Å². The van der Waals surface area contributed by atoms with Gasteiger partial charge in [-0.1, -0.05) is 23.2 Å². The van der Waals surface area contributed by atoms with E-state index in [1.165, 1.54) is 12.3 Å². The van der Waals surface area contributed by atoms with Gasteiger partial charge in [0.25, 0.3) is 0 Å². The van der Waals surface area contributed by atoms with Crippen LogP contribution in [0.1, 0.15) is 18.1 Å². The summed E-state index contributed by atoms with van der Waals surface area (Å²) in [6.07, 6.45) is -0.313. The Morgan fingerprint density at radius 2 is 2.00 bits per heavy atom. The van der Waals surface area contributed by atoms with Gasteiger partial charge in [0.2, 0.25) is 0 Å². The molecule has 15 heavy (non-hydrogen) atoms. The minimum absolute atomic E-state index is 0.166. The smallest absolute Gasteiger partial charge is 0.147 e. The average Bonchev–Trinajstić information content (AvgIpc) is 2.21. The summed E-state index contributed by atoms with van der Waals surface area (Å²) >= 11 is 16.8. The number of nitrogens with zero attached hydrogens (tertiary/aromatic N) is 1. The molecule has 84 valence electrons. The molecule has 0 radical (unpaired) electrons. The number of hydrogen-bond donors (Lipinski definition) is 2. The normalized spacial score (nSPS) is 15.0. The SMILES string of the molecule is OC(CCCl)C(O)c1cnc(Cl)c(Cl)c1. The van der Waals surface area contributed by atoms with Gasteiger partial charge in [0, 0.05) is 17.6 Å². The molecule has 0 saturated carbocycles. The highest BCUT2D eigenvalue weighted by molar-refractivity contribution is 6.41. The highest BCUT2D eigenvalue weighted by atomic mass is 35.5. The van der Waals surface area contributed by atoms with Crippen molar-refractivity contribution < 1.29 is 10.2 Å². The first-order valence-corrected chi connectivity index (χ1v) is 5.58. The van der Waals surface area contributed by atoms with E-state index in [9.17, 15) is 10.2 Å². The van der Waals surface area contributed by atoms with Crippen molar-refractivity contribution in [1.82, 2.24) is 4.98 Å². The van der Waals surface area contributed by atoms with Gasteiger partial charge in [0.15, 0.2) is 0 Å². The van der Waals surface area contributed by atoms with Crippen LogP contribution in [-0.4, -0.2) is 27.2 Å². The average molecular weight is 271 g/mol. The summed E-state index contributed by atoms with van der Waals surface area (Å²) in [5, 5.41) is 19.6. The third kappa shape index (κ3) is 3.47. The molecule has 1 rings (SSSR count). The summed E-state index contributed by atoms with van der Waals surface area (Å²) in [5.74, 6) is 0.271. The van der Waals surface area contributed by atoms with Gasteiger partial charge in [0.05, 0.1) is 11.1 Å². The van der Waals surface area contributed by atoms with Crippen LogP contribution in [0, 0.1) is 0 Å². The van der Waals surface area contributed by atoms with Crippen molar-refractivity contribution in [2.75, 3.05) is 5.88 Å². The summed E-state index contributed by atoms with van der Waals surface area (Å²) in [7, 11) is 0. The molecular weight excluding hydrogens is 260 g/mol. The number of rotatable bonds is 4. The van der Waals surface area contributed by atoms with E-state index in [1.807, 2.05) is 0 Å². The lowest BCUT2D eigenvalue weighted by molar-refractivity contribution is 0.0168. The number of halogens is 3. The van der Waals surface area contributed by atoms with Gasteiger partial charge in [0.1, 0.15) is 11.3 Å². The fourth-order valence-corrected chi connectivity index (χ4v) is 1.59. The first-order valence-electron chi connectivity index (χ1n) is 4.29. The Hall–Kier alpha value is -0.0600. The van der Waals surface area contributed by atoms with Crippen molar-refractivity contribution in [2.45, 2.75) is 18.6 Å². The first-order chi connectivity index (χ1) is 7.06. The zero-order valence-corrected chi connectivity index (χ0v) is 9.97. The van der Waals surface area contributed by atoms with Crippen molar-refractivity contribution in [3.8, 4) is 0 Å². The molecule has 1 aromatic heterocycles. The van der Waals surface area contributed by atoms with Crippen molar-refractivity contribution in [3.63, 3.8) is 0 Å². The maximum Gasteiger partial charge on any atom is 0.147 e. The molecule has 1 heterocycles. The van der Waals surface area contributed by atoms with Gasteiger partial charge in [-0.3, -0.25) is 0 Å². The van der Waals surface area contributed by atoms with E-state index < -0.39 is 12.2 Å². The molecule has 0 fully saturated rings. The van der Waals surface area contributed by atoms with Crippen molar-refractivity contribution >= 4 is 34.8 Å². The number of aliphatic hydroxyl groups is 2. The van der Waals surface area contributed by atoms with Crippen LogP contribution in [-0.2, 0) is 0 Å². The van der Waals surface area contributed by atoms with E-state index in [-0.39, 0.29) is 16.1 Å². The minimum atomic E-state index is -1.05. The van der Waals surface area contributed by atoms with Crippen LogP contribution in [0.25, 0.3) is 0 Å². The molecule has 3 nitrogen and oxygen atoms in total. The fraction of sp³-hybridized carbons (Fsp3) is 0.444. The fourth-order valence-electron chi connectivity index (χ4n) is 1.09. The number of aromatic nitrogens is 1. The Morgan fingerprint density at radius 1 is 1.33 bits per heavy atom. The lowest BCUT2D eigenvalue weighted by atomic mass is 10.1. The molecule has 0 aliphatic heterocycles. The van der Waals surface area contributed by atoms with Gasteiger partial charge in [-0.15, -0.1) is 11.6 Å². The highest BCUT2D eigenvalue weighted by Gasteiger charge is 2.18. The molecule has 0 aromatic carbocycles. The summed E-state index contributed by atoms with van der Waals surface area (Å²) in [4.78, 5) is 3.77. The zero-order chi connectivity index (χ0) is 11.4. The third-order valence-corrected chi connectivity index (χ3v) is 2.83. The Labute approximate surface area is 103 Å². The molecule has 0 spiro atoms. The molecule has 6 heteroatoms. The first kappa shape index (κ1) is 13.0. The van der Waals surface area contributed by atoms with Gasteiger partial charge in [-0.25, -0.2) is 4.98 Å². The molecule has 0 bridgehead atoms. The topological polar surface area (TPSA) is 53.4 Å². The summed E-state index contributed by atoms with van der Waals surface area (Å²) < 4.78 is 0. The van der Waals surface area contributed by atoms with E-state index in [2.05, 4.69) is 4.98 Å². The molecule has 2 N–H and O–H groups in total. The van der Waals surface area contributed by atoms with Gasteiger partial charge < -0.3 is 10.2 Å². The van der Waals surface area contributed by atoms with Crippen LogP contribution >= 0.6 is 34.8 Å². The lowest BCUT2D eigenvalue weighted by Gasteiger charge is -2.16. The van der Waals surface area contributed by atoms with Crippen LogP contribution in [0.5, 0.6) is 0 Å². The van der Waals surface area contributed by atoms with Crippen LogP contribution in [0.4, 0.5) is 0 Å². The van der Waals surface area contributed by atoms with E-state index in [0.29, 0.717) is 12.0 Å². The largest absolute Gasteiger partial charge is 0.390 e. The van der Waals surface area contributed by atoms with E-state index in [4.69, 9.17) is 34.8 Å². The molecule has 2 unspecified atom stereocenters. The van der Waals surface area contributed by atoms with Crippen LogP contribution in [0.3, 0.4) is 0 Å². The summed E-state index contributed by atoms with van der Waals surface area (Å²) in [5.41, 5.74) is 0.419. The predicted octanol–water partition coefficient (Wildman–Crippen LogP) is 2.41. The minimum Gasteiger partial charge on any atom is -0.390 e. The molecule has 0 aliphatic carbocycles. The summed E-state index contributed by atoms with van der Waals surface area (Å²) in [6.45, 7) is 0. The Kier molecular flexibility index (Phi) is 5.09. The molecule has 0 saturated heterocycles. The van der Waals surface area contributed by atoms with Crippen molar-refractivity contribution in [1.29, 1.82) is 0 Å². The van der Waals surface area contributed by atoms with E-state index in [1.54, 1.807) is 0 Å². The highest BCUT2D eigenvalue weighted by Crippen LogP contribution is 2.25. The molecule has 2 atom stereocenters. The second kappa shape index (κ2) is 5.87. The maximum absolute atomic E-state index is 9.69. The number of hydrogen-bond acceptors (Lipinski definition) is 3. The van der Waals surface area contributed by atoms with E-state index in [0.717, 1.165) is 0 Å². The molecule has 0 amide bonds. The number of aliphatic hydroxyl groups excluding tert-OH is 2. The molecule has 1 aromatic rings. The Bertz CT molecular complexity index is 335. The van der Waals surface area contributed by atoms with Crippen molar-refractivity contribution in [3.05, 3.63) is 28.0 Å². The monoisotopic (exact) mass is 269 g/mol. The van der Waals surface area contributed by atoms with E-state index >= 15 is 0 Å². The van der Waals surface area contributed by atoms with Gasteiger partial charge in [-0.2, -0.15) is 0 Å². The Morgan fingerprint density at radius 3 is 2.53 bits per heavy atom.